The number of ether oxygens (including phenoxy) is 4. The number of phenols is 1. The predicted octanol–water partition coefficient (Wildman–Crippen LogP) is 3.90. The lowest BCUT2D eigenvalue weighted by Gasteiger charge is -2.24. The Morgan fingerprint density at radius 3 is 2.33 bits per heavy atom. The fourth-order valence-electron chi connectivity index (χ4n) is 2.49. The maximum absolute atomic E-state index is 12.4. The normalized spacial score (nSPS) is 12.6. The molecule has 2 rings (SSSR count). The van der Waals surface area contributed by atoms with Gasteiger partial charge in [0.15, 0.2) is 17.6 Å². The second-order valence-corrected chi connectivity index (χ2v) is 5.55. The van der Waals surface area contributed by atoms with Crippen LogP contribution in [0.5, 0.6) is 17.2 Å². The van der Waals surface area contributed by atoms with Crippen molar-refractivity contribution in [2.24, 2.45) is 0 Å². The first kappa shape index (κ1) is 20.1. The number of carbonyl (C=O) groups excluding carboxylic acids is 1. The van der Waals surface area contributed by atoms with Crippen LogP contribution in [-0.2, 0) is 9.47 Å². The maximum Gasteiger partial charge on any atom is 0.412 e. The third-order valence-electron chi connectivity index (χ3n) is 3.90. The molecule has 2 N–H and O–H groups in total. The van der Waals surface area contributed by atoms with Gasteiger partial charge >= 0.3 is 6.09 Å². The predicted molar refractivity (Wildman–Crippen MR) is 101 cm³/mol. The van der Waals surface area contributed by atoms with Gasteiger partial charge in [0.25, 0.3) is 0 Å². The van der Waals surface area contributed by atoms with E-state index in [-0.39, 0.29) is 5.75 Å². The molecule has 1 amide bonds. The molecule has 0 aliphatic rings. The smallest absolute Gasteiger partial charge is 0.412 e. The quantitative estimate of drug-likeness (QED) is 0.683. The highest BCUT2D eigenvalue weighted by atomic mass is 16.6. The van der Waals surface area contributed by atoms with Crippen LogP contribution in [0.4, 0.5) is 10.5 Å². The number of anilines is 1. The molecule has 27 heavy (non-hydrogen) atoms. The van der Waals surface area contributed by atoms with Gasteiger partial charge in [-0.2, -0.15) is 0 Å². The van der Waals surface area contributed by atoms with E-state index in [1.807, 2.05) is 0 Å². The van der Waals surface area contributed by atoms with Crippen molar-refractivity contribution >= 4 is 11.8 Å². The number of carbonyl (C=O) groups is 1. The molecule has 0 aliphatic heterocycles. The van der Waals surface area contributed by atoms with Crippen LogP contribution in [0.25, 0.3) is 0 Å². The van der Waals surface area contributed by atoms with E-state index in [2.05, 4.69) is 11.9 Å². The van der Waals surface area contributed by atoms with Gasteiger partial charge in [0.1, 0.15) is 11.9 Å². The third-order valence-corrected chi connectivity index (χ3v) is 3.90. The van der Waals surface area contributed by atoms with Gasteiger partial charge < -0.3 is 24.1 Å². The summed E-state index contributed by atoms with van der Waals surface area (Å²) in [7, 11) is 4.49. The molecular formula is C20H23NO6. The number of benzene rings is 2. The van der Waals surface area contributed by atoms with Crippen molar-refractivity contribution in [3.8, 4) is 17.2 Å². The molecular weight excluding hydrogens is 350 g/mol. The van der Waals surface area contributed by atoms with E-state index in [1.54, 1.807) is 43.5 Å². The first-order valence-corrected chi connectivity index (χ1v) is 8.16. The molecule has 0 aliphatic carbocycles. The summed E-state index contributed by atoms with van der Waals surface area (Å²) in [4.78, 5) is 12.4. The summed E-state index contributed by atoms with van der Waals surface area (Å²) in [6.07, 6.45) is -0.585. The zero-order valence-electron chi connectivity index (χ0n) is 15.5. The highest BCUT2D eigenvalue weighted by Gasteiger charge is 2.26. The molecule has 0 saturated heterocycles. The van der Waals surface area contributed by atoms with E-state index >= 15 is 0 Å². The van der Waals surface area contributed by atoms with Gasteiger partial charge in [-0.25, -0.2) is 4.79 Å². The summed E-state index contributed by atoms with van der Waals surface area (Å²) in [6.45, 7) is 3.71. The van der Waals surface area contributed by atoms with Crippen molar-refractivity contribution < 1.29 is 28.8 Å². The van der Waals surface area contributed by atoms with E-state index in [4.69, 9.17) is 18.9 Å². The zero-order chi connectivity index (χ0) is 19.8. The highest BCUT2D eigenvalue weighted by molar-refractivity contribution is 5.84. The second-order valence-electron chi connectivity index (χ2n) is 5.55. The molecule has 0 heterocycles. The Morgan fingerprint density at radius 1 is 1.11 bits per heavy atom. The van der Waals surface area contributed by atoms with Gasteiger partial charge in [0.2, 0.25) is 0 Å². The lowest BCUT2D eigenvalue weighted by molar-refractivity contribution is 0.00591. The van der Waals surface area contributed by atoms with Crippen LogP contribution in [0, 0.1) is 0 Å². The van der Waals surface area contributed by atoms with Crippen LogP contribution >= 0.6 is 0 Å². The molecule has 2 aromatic rings. The van der Waals surface area contributed by atoms with Crippen molar-refractivity contribution in [1.29, 1.82) is 0 Å². The van der Waals surface area contributed by atoms with Crippen LogP contribution in [0.2, 0.25) is 0 Å². The van der Waals surface area contributed by atoms with Crippen molar-refractivity contribution in [2.45, 2.75) is 12.2 Å². The molecule has 7 nitrogen and oxygen atoms in total. The van der Waals surface area contributed by atoms with Gasteiger partial charge in [-0.1, -0.05) is 12.1 Å². The monoisotopic (exact) mass is 373 g/mol. The number of phenolic OH excluding ortho intramolecular Hbond substituents is 1. The molecule has 0 radical (unpaired) electrons. The Balaban J connectivity index is 2.19. The van der Waals surface area contributed by atoms with E-state index in [9.17, 15) is 9.90 Å². The molecule has 0 aromatic heterocycles. The second kappa shape index (κ2) is 9.49. The van der Waals surface area contributed by atoms with Crippen LogP contribution in [0.15, 0.2) is 55.1 Å². The molecule has 144 valence electrons. The fraction of sp³-hybridized carbons (Fsp3) is 0.250. The summed E-state index contributed by atoms with van der Waals surface area (Å²) < 4.78 is 21.0. The average molecular weight is 373 g/mol. The van der Waals surface area contributed by atoms with Crippen LogP contribution < -0.4 is 14.8 Å². The molecule has 0 spiro atoms. The minimum atomic E-state index is -0.817. The van der Waals surface area contributed by atoms with E-state index in [0.717, 1.165) is 0 Å². The summed E-state index contributed by atoms with van der Waals surface area (Å²) in [5, 5.41) is 12.7. The number of hydrogen-bond acceptors (Lipinski definition) is 6. The molecule has 0 unspecified atom stereocenters. The Bertz CT molecular complexity index is 775. The zero-order valence-corrected chi connectivity index (χ0v) is 15.5. The third kappa shape index (κ3) is 5.15. The average Bonchev–Trinajstić information content (AvgIpc) is 2.68. The van der Waals surface area contributed by atoms with Gasteiger partial charge in [0.05, 0.1) is 14.2 Å². The Labute approximate surface area is 158 Å². The maximum atomic E-state index is 12.4. The van der Waals surface area contributed by atoms with Crippen LogP contribution in [0.3, 0.4) is 0 Å². The first-order chi connectivity index (χ1) is 13.0. The van der Waals surface area contributed by atoms with Crippen molar-refractivity contribution in [3.63, 3.8) is 0 Å². The van der Waals surface area contributed by atoms with Crippen molar-refractivity contribution in [3.05, 3.63) is 60.7 Å². The SMILES string of the molecule is C=C[C@H](OC)[C@@H](OC(=O)Nc1ccc(OC)cc1)c1ccc(OC)c(O)c1. The van der Waals surface area contributed by atoms with Gasteiger partial charge in [0, 0.05) is 12.8 Å². The molecule has 7 heteroatoms. The Hall–Kier alpha value is -3.19. The van der Waals surface area contributed by atoms with E-state index in [1.165, 1.54) is 26.4 Å². The minimum absolute atomic E-state index is 0.0712. The standard InChI is InChI=1S/C20H23NO6/c1-5-17(25-3)19(13-6-11-18(26-4)16(22)12-13)27-20(23)21-14-7-9-15(24-2)10-8-14/h5-12,17,19,22H,1H2,2-4H3,(H,21,23)/t17-,19-/m0/s1. The van der Waals surface area contributed by atoms with Gasteiger partial charge in [-0.3, -0.25) is 5.32 Å². The first-order valence-electron chi connectivity index (χ1n) is 8.16. The van der Waals surface area contributed by atoms with Crippen molar-refractivity contribution in [2.75, 3.05) is 26.6 Å². The Morgan fingerprint density at radius 2 is 1.81 bits per heavy atom. The number of amides is 1. The summed E-state index contributed by atoms with van der Waals surface area (Å²) in [6, 6.07) is 11.5. The lowest BCUT2D eigenvalue weighted by atomic mass is 10.0. The minimum Gasteiger partial charge on any atom is -0.504 e. The lowest BCUT2D eigenvalue weighted by Crippen LogP contribution is -2.26. The topological polar surface area (TPSA) is 86.3 Å². The molecule has 2 aromatic carbocycles. The van der Waals surface area contributed by atoms with Crippen LogP contribution in [-0.4, -0.2) is 38.6 Å². The number of aromatic hydroxyl groups is 1. The molecule has 0 bridgehead atoms. The Kier molecular flexibility index (Phi) is 7.08. The summed E-state index contributed by atoms with van der Waals surface area (Å²) >= 11 is 0. The van der Waals surface area contributed by atoms with Crippen molar-refractivity contribution in [1.82, 2.24) is 0 Å². The van der Waals surface area contributed by atoms with E-state index < -0.39 is 18.3 Å². The molecule has 0 fully saturated rings. The largest absolute Gasteiger partial charge is 0.504 e. The number of rotatable bonds is 8. The number of hydrogen-bond donors (Lipinski definition) is 2. The van der Waals surface area contributed by atoms with Crippen LogP contribution in [0.1, 0.15) is 11.7 Å². The number of methoxy groups -OCH3 is 3. The summed E-state index contributed by atoms with van der Waals surface area (Å²) in [5.74, 6) is 0.914. The van der Waals surface area contributed by atoms with Gasteiger partial charge in [-0.05, 0) is 42.0 Å². The molecule has 2 atom stereocenters. The fourth-order valence-corrected chi connectivity index (χ4v) is 2.49. The molecule has 0 saturated carbocycles. The highest BCUT2D eigenvalue weighted by Crippen LogP contribution is 2.32. The van der Waals surface area contributed by atoms with Gasteiger partial charge in [-0.15, -0.1) is 6.58 Å². The number of nitrogens with one attached hydrogen (secondary N) is 1. The van der Waals surface area contributed by atoms with E-state index in [0.29, 0.717) is 22.7 Å². The summed E-state index contributed by atoms with van der Waals surface area (Å²) in [5.41, 5.74) is 1.08.